The van der Waals surface area contributed by atoms with E-state index in [1.165, 1.54) is 6.26 Å². The fourth-order valence-corrected chi connectivity index (χ4v) is 2.11. The van der Waals surface area contributed by atoms with Gasteiger partial charge in [0.2, 0.25) is 0 Å². The summed E-state index contributed by atoms with van der Waals surface area (Å²) in [7, 11) is 1.70. The second kappa shape index (κ2) is 11.4. The van der Waals surface area contributed by atoms with Gasteiger partial charge in [-0.15, -0.1) is 34.2 Å². The molecule has 2 aromatic rings. The number of aromatic nitrogens is 3. The third-order valence-corrected chi connectivity index (χ3v) is 3.33. The van der Waals surface area contributed by atoms with Gasteiger partial charge in [-0.25, -0.2) is 0 Å². The van der Waals surface area contributed by atoms with Crippen molar-refractivity contribution in [3.05, 3.63) is 36.3 Å². The number of aliphatic imine (C=N–C) groups is 1. The summed E-state index contributed by atoms with van der Waals surface area (Å²) < 4.78 is 7.02. The average molecular weight is 461 g/mol. The van der Waals surface area contributed by atoms with Gasteiger partial charge in [0.15, 0.2) is 11.7 Å². The van der Waals surface area contributed by atoms with Gasteiger partial charge in [-0.1, -0.05) is 6.92 Å². The maximum absolute atomic E-state index is 11.7. The van der Waals surface area contributed by atoms with Crippen molar-refractivity contribution in [2.75, 3.05) is 26.7 Å². The van der Waals surface area contributed by atoms with E-state index in [2.05, 4.69) is 31.1 Å². The SMILES string of the molecule is CCc1nncn1CCNC(=NC)NCCNC(=O)c1ccco1.I. The van der Waals surface area contributed by atoms with Crippen molar-refractivity contribution >= 4 is 35.8 Å². The molecule has 2 heterocycles. The summed E-state index contributed by atoms with van der Waals surface area (Å²) in [6.45, 7) is 4.52. The summed E-state index contributed by atoms with van der Waals surface area (Å²) in [5.41, 5.74) is 0. The summed E-state index contributed by atoms with van der Waals surface area (Å²) in [4.78, 5) is 15.8. The van der Waals surface area contributed by atoms with E-state index in [4.69, 9.17) is 4.42 Å². The van der Waals surface area contributed by atoms with Gasteiger partial charge >= 0.3 is 0 Å². The number of furan rings is 1. The summed E-state index contributed by atoms with van der Waals surface area (Å²) in [6, 6.07) is 3.30. The number of hydrogen-bond donors (Lipinski definition) is 3. The first-order valence-corrected chi connectivity index (χ1v) is 7.87. The van der Waals surface area contributed by atoms with E-state index in [-0.39, 0.29) is 29.9 Å². The number of carbonyl (C=O) groups is 1. The van der Waals surface area contributed by atoms with Gasteiger partial charge in [0.05, 0.1) is 6.26 Å². The van der Waals surface area contributed by atoms with Crippen LogP contribution in [0.4, 0.5) is 0 Å². The summed E-state index contributed by atoms with van der Waals surface area (Å²) in [5, 5.41) is 17.0. The lowest BCUT2D eigenvalue weighted by atomic mass is 10.4. The molecule has 0 atom stereocenters. The van der Waals surface area contributed by atoms with Crippen molar-refractivity contribution in [3.63, 3.8) is 0 Å². The molecule has 2 aromatic heterocycles. The lowest BCUT2D eigenvalue weighted by molar-refractivity contribution is 0.0926. The molecule has 25 heavy (non-hydrogen) atoms. The van der Waals surface area contributed by atoms with Crippen molar-refractivity contribution in [1.29, 1.82) is 0 Å². The third kappa shape index (κ3) is 6.72. The van der Waals surface area contributed by atoms with Gasteiger partial charge in [-0.3, -0.25) is 9.79 Å². The number of rotatable bonds is 8. The van der Waals surface area contributed by atoms with E-state index in [0.717, 1.165) is 18.8 Å². The minimum absolute atomic E-state index is 0. The Balaban J connectivity index is 0.00000312. The molecule has 0 saturated heterocycles. The summed E-state index contributed by atoms with van der Waals surface area (Å²) in [6.07, 6.45) is 4.04. The van der Waals surface area contributed by atoms with Crippen LogP contribution >= 0.6 is 24.0 Å². The highest BCUT2D eigenvalue weighted by molar-refractivity contribution is 14.0. The van der Waals surface area contributed by atoms with E-state index in [1.807, 2.05) is 11.5 Å². The van der Waals surface area contributed by atoms with Gasteiger partial charge in [-0.05, 0) is 12.1 Å². The van der Waals surface area contributed by atoms with Gasteiger partial charge in [0, 0.05) is 39.6 Å². The maximum Gasteiger partial charge on any atom is 0.287 e. The Bertz CT molecular complexity index is 655. The van der Waals surface area contributed by atoms with Crippen LogP contribution in [0.5, 0.6) is 0 Å². The Morgan fingerprint density at radius 3 is 2.72 bits per heavy atom. The van der Waals surface area contributed by atoms with Crippen LogP contribution in [-0.4, -0.2) is 53.3 Å². The average Bonchev–Trinajstić information content (AvgIpc) is 3.28. The van der Waals surface area contributed by atoms with Crippen molar-refractivity contribution < 1.29 is 9.21 Å². The quantitative estimate of drug-likeness (QED) is 0.231. The second-order valence-electron chi connectivity index (χ2n) is 4.95. The van der Waals surface area contributed by atoms with E-state index in [9.17, 15) is 4.79 Å². The second-order valence-corrected chi connectivity index (χ2v) is 4.95. The van der Waals surface area contributed by atoms with Crippen LogP contribution in [0.15, 0.2) is 34.1 Å². The number of guanidine groups is 1. The Morgan fingerprint density at radius 1 is 1.28 bits per heavy atom. The molecule has 0 fully saturated rings. The number of nitrogens with one attached hydrogen (secondary N) is 3. The topological polar surface area (TPSA) is 109 Å². The molecule has 10 heteroatoms. The minimum atomic E-state index is -0.232. The Labute approximate surface area is 163 Å². The fourth-order valence-electron chi connectivity index (χ4n) is 2.11. The molecule has 0 saturated carbocycles. The molecule has 0 unspecified atom stereocenters. The molecule has 138 valence electrons. The zero-order valence-corrected chi connectivity index (χ0v) is 16.7. The lowest BCUT2D eigenvalue weighted by Gasteiger charge is -2.12. The summed E-state index contributed by atoms with van der Waals surface area (Å²) in [5.74, 6) is 1.70. The highest BCUT2D eigenvalue weighted by Crippen LogP contribution is 1.98. The molecular weight excluding hydrogens is 437 g/mol. The first-order valence-electron chi connectivity index (χ1n) is 7.87. The number of carbonyl (C=O) groups excluding carboxylic acids is 1. The van der Waals surface area contributed by atoms with Crippen LogP contribution in [0.1, 0.15) is 23.3 Å². The van der Waals surface area contributed by atoms with Crippen LogP contribution in [0, 0.1) is 0 Å². The largest absolute Gasteiger partial charge is 0.459 e. The molecule has 0 aliphatic heterocycles. The molecule has 3 N–H and O–H groups in total. The molecule has 0 aliphatic rings. The molecule has 0 aromatic carbocycles. The van der Waals surface area contributed by atoms with Gasteiger partial charge in [0.1, 0.15) is 12.2 Å². The van der Waals surface area contributed by atoms with Crippen LogP contribution in [-0.2, 0) is 13.0 Å². The van der Waals surface area contributed by atoms with Gasteiger partial charge in [-0.2, -0.15) is 0 Å². The first-order chi connectivity index (χ1) is 11.7. The minimum Gasteiger partial charge on any atom is -0.459 e. The van der Waals surface area contributed by atoms with E-state index in [1.54, 1.807) is 25.5 Å². The van der Waals surface area contributed by atoms with Crippen LogP contribution in [0.25, 0.3) is 0 Å². The van der Waals surface area contributed by atoms with Crippen molar-refractivity contribution in [3.8, 4) is 0 Å². The smallest absolute Gasteiger partial charge is 0.287 e. The highest BCUT2D eigenvalue weighted by atomic mass is 127. The third-order valence-electron chi connectivity index (χ3n) is 3.33. The normalized spacial score (nSPS) is 10.9. The predicted octanol–water partition coefficient (Wildman–Crippen LogP) is 0.647. The molecule has 2 rings (SSSR count). The Kier molecular flexibility index (Phi) is 9.58. The number of aryl methyl sites for hydroxylation is 1. The Morgan fingerprint density at radius 2 is 2.04 bits per heavy atom. The van der Waals surface area contributed by atoms with Crippen molar-refractivity contribution in [2.45, 2.75) is 19.9 Å². The zero-order chi connectivity index (χ0) is 17.2. The standard InChI is InChI=1S/C15H23N7O2.HI/c1-3-13-21-20-11-22(13)9-8-19-15(16-2)18-7-6-17-14(23)12-5-4-10-24-12;/h4-5,10-11H,3,6-9H2,1-2H3,(H,17,23)(H2,16,18,19);1H. The molecule has 0 radical (unpaired) electrons. The number of amides is 1. The van der Waals surface area contributed by atoms with Gasteiger partial charge < -0.3 is 24.9 Å². The van der Waals surface area contributed by atoms with E-state index >= 15 is 0 Å². The number of nitrogens with zero attached hydrogens (tertiary/aromatic N) is 4. The van der Waals surface area contributed by atoms with Crippen molar-refractivity contribution in [2.24, 2.45) is 4.99 Å². The number of halogens is 1. The Hall–Kier alpha value is -2.11. The monoisotopic (exact) mass is 461 g/mol. The molecule has 0 bridgehead atoms. The molecule has 0 spiro atoms. The van der Waals surface area contributed by atoms with Crippen molar-refractivity contribution in [1.82, 2.24) is 30.7 Å². The number of hydrogen-bond acceptors (Lipinski definition) is 5. The molecule has 9 nitrogen and oxygen atoms in total. The lowest BCUT2D eigenvalue weighted by Crippen LogP contribution is -2.42. The molecule has 0 aliphatic carbocycles. The molecule has 1 amide bonds. The van der Waals surface area contributed by atoms with E-state index < -0.39 is 0 Å². The van der Waals surface area contributed by atoms with Crippen LogP contribution in [0.2, 0.25) is 0 Å². The van der Waals surface area contributed by atoms with Crippen LogP contribution in [0.3, 0.4) is 0 Å². The first kappa shape index (κ1) is 20.9. The highest BCUT2D eigenvalue weighted by Gasteiger charge is 2.07. The predicted molar refractivity (Wildman–Crippen MR) is 105 cm³/mol. The zero-order valence-electron chi connectivity index (χ0n) is 14.4. The van der Waals surface area contributed by atoms with E-state index in [0.29, 0.717) is 31.4 Å². The summed E-state index contributed by atoms with van der Waals surface area (Å²) >= 11 is 0. The van der Waals surface area contributed by atoms with Crippen LogP contribution < -0.4 is 16.0 Å². The maximum atomic E-state index is 11.7. The molecular formula is C15H24IN7O2. The fraction of sp³-hybridized carbons (Fsp3) is 0.467. The van der Waals surface area contributed by atoms with Gasteiger partial charge in [0.25, 0.3) is 5.91 Å².